The lowest BCUT2D eigenvalue weighted by Gasteiger charge is -2.27. The van der Waals surface area contributed by atoms with Crippen molar-refractivity contribution in [2.45, 2.75) is 45.6 Å². The minimum absolute atomic E-state index is 0.336. The van der Waals surface area contributed by atoms with Crippen LogP contribution >= 0.6 is 0 Å². The van der Waals surface area contributed by atoms with E-state index in [9.17, 15) is 0 Å². The molecule has 3 nitrogen and oxygen atoms in total. The molecule has 1 aliphatic carbocycles. The Morgan fingerprint density at radius 3 is 2.67 bits per heavy atom. The number of ether oxygens (including phenoxy) is 1. The first-order valence-electron chi connectivity index (χ1n) is 6.65. The van der Waals surface area contributed by atoms with Gasteiger partial charge in [0.15, 0.2) is 0 Å². The van der Waals surface area contributed by atoms with Crippen molar-refractivity contribution < 1.29 is 9.94 Å². The molecular weight excluding hydrogens is 226 g/mol. The molecule has 2 rings (SSSR count). The Hall–Kier alpha value is -1.51. The van der Waals surface area contributed by atoms with Gasteiger partial charge in [-0.2, -0.15) is 0 Å². The highest BCUT2D eigenvalue weighted by Crippen LogP contribution is 2.27. The zero-order chi connectivity index (χ0) is 13.0. The van der Waals surface area contributed by atoms with E-state index in [4.69, 9.17) is 9.94 Å². The molecular formula is C15H21NO2. The molecule has 0 aromatic heterocycles. The predicted octanol–water partition coefficient (Wildman–Crippen LogP) is 3.84. The van der Waals surface area contributed by atoms with Crippen LogP contribution in [0.1, 0.15) is 45.1 Å². The van der Waals surface area contributed by atoms with Crippen LogP contribution in [0.15, 0.2) is 29.4 Å². The highest BCUT2D eigenvalue weighted by Gasteiger charge is 2.19. The number of oxime groups is 1. The molecule has 0 unspecified atom stereocenters. The molecule has 0 saturated heterocycles. The lowest BCUT2D eigenvalue weighted by atomic mass is 9.89. The summed E-state index contributed by atoms with van der Waals surface area (Å²) >= 11 is 0. The Kier molecular flexibility index (Phi) is 4.24. The smallest absolute Gasteiger partial charge is 0.120 e. The third kappa shape index (κ3) is 3.25. The van der Waals surface area contributed by atoms with E-state index < -0.39 is 0 Å². The van der Waals surface area contributed by atoms with Gasteiger partial charge in [-0.3, -0.25) is 0 Å². The molecule has 0 amide bonds. The summed E-state index contributed by atoms with van der Waals surface area (Å²) in [5.74, 6) is 1.70. The summed E-state index contributed by atoms with van der Waals surface area (Å²) in [5, 5.41) is 12.0. The summed E-state index contributed by atoms with van der Waals surface area (Å²) in [6.45, 7) is 4.08. The van der Waals surface area contributed by atoms with Gasteiger partial charge >= 0.3 is 0 Å². The maximum absolute atomic E-state index is 8.78. The molecule has 0 atom stereocenters. The largest absolute Gasteiger partial charge is 0.490 e. The van der Waals surface area contributed by atoms with E-state index in [0.717, 1.165) is 30.1 Å². The second-order valence-corrected chi connectivity index (χ2v) is 5.21. The molecule has 1 aromatic carbocycles. The Bertz CT molecular complexity index is 420. The van der Waals surface area contributed by atoms with Gasteiger partial charge in [0.2, 0.25) is 0 Å². The Balaban J connectivity index is 2.01. The fourth-order valence-corrected chi connectivity index (χ4v) is 2.39. The summed E-state index contributed by atoms with van der Waals surface area (Å²) in [7, 11) is 0. The van der Waals surface area contributed by atoms with E-state index in [-0.39, 0.29) is 0 Å². The number of hydrogen-bond donors (Lipinski definition) is 1. The summed E-state index contributed by atoms with van der Waals surface area (Å²) in [6, 6.07) is 7.76. The number of benzene rings is 1. The van der Waals surface area contributed by atoms with Gasteiger partial charge in [-0.1, -0.05) is 24.2 Å². The zero-order valence-electron chi connectivity index (χ0n) is 11.1. The van der Waals surface area contributed by atoms with E-state index in [0.29, 0.717) is 11.8 Å². The molecule has 3 heteroatoms. The molecule has 1 aromatic rings. The average Bonchev–Trinajstić information content (AvgIpc) is 2.41. The van der Waals surface area contributed by atoms with Crippen molar-refractivity contribution in [1.29, 1.82) is 0 Å². The van der Waals surface area contributed by atoms with Crippen molar-refractivity contribution in [2.24, 2.45) is 11.1 Å². The van der Waals surface area contributed by atoms with E-state index in [2.05, 4.69) is 12.1 Å². The van der Waals surface area contributed by atoms with Gasteiger partial charge in [0.25, 0.3) is 0 Å². The van der Waals surface area contributed by atoms with E-state index in [1.165, 1.54) is 12.8 Å². The van der Waals surface area contributed by atoms with Crippen molar-refractivity contribution in [3.63, 3.8) is 0 Å². The van der Waals surface area contributed by atoms with Crippen LogP contribution in [0.2, 0.25) is 0 Å². The monoisotopic (exact) mass is 247 g/mol. The zero-order valence-corrected chi connectivity index (χ0v) is 11.1. The first-order chi connectivity index (χ1) is 8.69. The second-order valence-electron chi connectivity index (χ2n) is 5.21. The van der Waals surface area contributed by atoms with E-state index in [1.54, 1.807) is 6.92 Å². The standard InChI is InChI=1S/C15H21NO2/c1-11-6-8-14(9-7-11)18-15-5-3-4-13(10-15)12(2)16-17/h3-5,10-11,14,17H,6-9H2,1-2H3/b16-12+. The predicted molar refractivity (Wildman–Crippen MR) is 72.5 cm³/mol. The van der Waals surface area contributed by atoms with Gasteiger partial charge in [-0.25, -0.2) is 0 Å². The lowest BCUT2D eigenvalue weighted by molar-refractivity contribution is 0.135. The molecule has 1 saturated carbocycles. The van der Waals surface area contributed by atoms with Crippen LogP contribution in [0.3, 0.4) is 0 Å². The van der Waals surface area contributed by atoms with Gasteiger partial charge in [-0.05, 0) is 50.7 Å². The van der Waals surface area contributed by atoms with Crippen LogP contribution in [0.25, 0.3) is 0 Å². The topological polar surface area (TPSA) is 41.8 Å². The number of rotatable bonds is 3. The third-order valence-corrected chi connectivity index (χ3v) is 3.67. The Morgan fingerprint density at radius 1 is 1.28 bits per heavy atom. The molecule has 1 N–H and O–H groups in total. The molecule has 0 spiro atoms. The highest BCUT2D eigenvalue weighted by atomic mass is 16.5. The molecule has 0 radical (unpaired) electrons. The molecule has 98 valence electrons. The number of nitrogens with zero attached hydrogens (tertiary/aromatic N) is 1. The van der Waals surface area contributed by atoms with Gasteiger partial charge < -0.3 is 9.94 Å². The third-order valence-electron chi connectivity index (χ3n) is 3.67. The van der Waals surface area contributed by atoms with Crippen molar-refractivity contribution in [3.8, 4) is 5.75 Å². The normalized spacial score (nSPS) is 24.9. The van der Waals surface area contributed by atoms with Crippen molar-refractivity contribution >= 4 is 5.71 Å². The summed E-state index contributed by atoms with van der Waals surface area (Å²) in [5.41, 5.74) is 1.51. The summed E-state index contributed by atoms with van der Waals surface area (Å²) < 4.78 is 6.00. The second kappa shape index (κ2) is 5.89. The van der Waals surface area contributed by atoms with E-state index in [1.807, 2.05) is 24.3 Å². The average molecular weight is 247 g/mol. The molecule has 18 heavy (non-hydrogen) atoms. The van der Waals surface area contributed by atoms with Crippen LogP contribution < -0.4 is 4.74 Å². The van der Waals surface area contributed by atoms with Crippen LogP contribution in [0.5, 0.6) is 5.75 Å². The van der Waals surface area contributed by atoms with Gasteiger partial charge in [-0.15, -0.1) is 0 Å². The quantitative estimate of drug-likeness (QED) is 0.501. The van der Waals surface area contributed by atoms with Crippen molar-refractivity contribution in [3.05, 3.63) is 29.8 Å². The summed E-state index contributed by atoms with van der Waals surface area (Å²) in [6.07, 6.45) is 5.11. The van der Waals surface area contributed by atoms with Crippen molar-refractivity contribution in [2.75, 3.05) is 0 Å². The molecule has 0 bridgehead atoms. The Labute approximate surface area is 108 Å². The first-order valence-corrected chi connectivity index (χ1v) is 6.65. The minimum Gasteiger partial charge on any atom is -0.490 e. The summed E-state index contributed by atoms with van der Waals surface area (Å²) in [4.78, 5) is 0. The highest BCUT2D eigenvalue weighted by molar-refractivity contribution is 5.98. The lowest BCUT2D eigenvalue weighted by Crippen LogP contribution is -2.23. The fraction of sp³-hybridized carbons (Fsp3) is 0.533. The maximum atomic E-state index is 8.78. The van der Waals surface area contributed by atoms with Gasteiger partial charge in [0.05, 0.1) is 11.8 Å². The SMILES string of the molecule is C/C(=N\O)c1cccc(OC2CCC(C)CC2)c1. The van der Waals surface area contributed by atoms with Crippen LogP contribution in [0.4, 0.5) is 0 Å². The van der Waals surface area contributed by atoms with Crippen LogP contribution in [0, 0.1) is 5.92 Å². The molecule has 0 aliphatic heterocycles. The fourth-order valence-electron chi connectivity index (χ4n) is 2.39. The van der Waals surface area contributed by atoms with Gasteiger partial charge in [0, 0.05) is 5.56 Å². The number of hydrogen-bond acceptors (Lipinski definition) is 3. The van der Waals surface area contributed by atoms with Gasteiger partial charge in [0.1, 0.15) is 5.75 Å². The molecule has 1 aliphatic rings. The first kappa shape index (κ1) is 12.9. The van der Waals surface area contributed by atoms with E-state index >= 15 is 0 Å². The molecule has 0 heterocycles. The Morgan fingerprint density at radius 2 is 2.00 bits per heavy atom. The maximum Gasteiger partial charge on any atom is 0.120 e. The van der Waals surface area contributed by atoms with Crippen LogP contribution in [-0.2, 0) is 0 Å². The van der Waals surface area contributed by atoms with Crippen molar-refractivity contribution in [1.82, 2.24) is 0 Å². The van der Waals surface area contributed by atoms with Crippen LogP contribution in [-0.4, -0.2) is 17.0 Å². The molecule has 1 fully saturated rings. The minimum atomic E-state index is 0.336.